The van der Waals surface area contributed by atoms with Crippen molar-refractivity contribution in [2.24, 2.45) is 5.92 Å². The zero-order chi connectivity index (χ0) is 11.0. The lowest BCUT2D eigenvalue weighted by Gasteiger charge is -2.17. The molecular weight excluding hydrogens is 180 g/mol. The number of allylic oxidation sites excluding steroid dienone is 1. The molecule has 0 aliphatic heterocycles. The summed E-state index contributed by atoms with van der Waals surface area (Å²) in [5.41, 5.74) is 0. The van der Waals surface area contributed by atoms with Crippen LogP contribution in [-0.2, 0) is 9.53 Å². The third-order valence-electron chi connectivity index (χ3n) is 2.10. The van der Waals surface area contributed by atoms with Crippen molar-refractivity contribution in [2.75, 3.05) is 6.61 Å². The molecule has 82 valence electrons. The minimum absolute atomic E-state index is 0.299. The molecule has 3 nitrogen and oxygen atoms in total. The van der Waals surface area contributed by atoms with Crippen LogP contribution in [0.4, 0.5) is 0 Å². The van der Waals surface area contributed by atoms with Gasteiger partial charge in [0.15, 0.2) is 0 Å². The Labute approximate surface area is 85.8 Å². The van der Waals surface area contributed by atoms with Crippen LogP contribution in [0.15, 0.2) is 12.7 Å². The van der Waals surface area contributed by atoms with Crippen LogP contribution in [0.2, 0.25) is 0 Å². The Kier molecular flexibility index (Phi) is 7.11. The van der Waals surface area contributed by atoms with Gasteiger partial charge < -0.3 is 9.84 Å². The van der Waals surface area contributed by atoms with Crippen LogP contribution in [0.5, 0.6) is 0 Å². The van der Waals surface area contributed by atoms with Crippen LogP contribution in [0.1, 0.15) is 33.1 Å². The van der Waals surface area contributed by atoms with E-state index in [1.165, 1.54) is 0 Å². The summed E-state index contributed by atoms with van der Waals surface area (Å²) >= 11 is 0. The van der Waals surface area contributed by atoms with Gasteiger partial charge in [0.25, 0.3) is 0 Å². The van der Waals surface area contributed by atoms with E-state index in [1.807, 2.05) is 6.08 Å². The van der Waals surface area contributed by atoms with Gasteiger partial charge in [-0.15, -0.1) is 6.58 Å². The maximum Gasteiger partial charge on any atom is 0.311 e. The molecule has 2 unspecified atom stereocenters. The Morgan fingerprint density at radius 3 is 2.71 bits per heavy atom. The summed E-state index contributed by atoms with van der Waals surface area (Å²) in [6, 6.07) is 0. The summed E-state index contributed by atoms with van der Waals surface area (Å²) in [4.78, 5) is 11.4. The fraction of sp³-hybridized carbons (Fsp3) is 0.727. The second-order valence-electron chi connectivity index (χ2n) is 3.32. The summed E-state index contributed by atoms with van der Waals surface area (Å²) in [7, 11) is 0. The fourth-order valence-corrected chi connectivity index (χ4v) is 1.29. The second-order valence-corrected chi connectivity index (χ2v) is 3.32. The minimum Gasteiger partial charge on any atom is -0.466 e. The first-order valence-electron chi connectivity index (χ1n) is 5.09. The molecule has 1 N–H and O–H groups in total. The number of hydrogen-bond acceptors (Lipinski definition) is 3. The molecular formula is C11H20O3. The van der Waals surface area contributed by atoms with Crippen molar-refractivity contribution in [3.63, 3.8) is 0 Å². The number of hydrogen-bond donors (Lipinski definition) is 1. The van der Waals surface area contributed by atoms with Crippen molar-refractivity contribution < 1.29 is 14.6 Å². The number of rotatable bonds is 7. The summed E-state index contributed by atoms with van der Waals surface area (Å²) in [6.07, 6.45) is 3.55. The molecule has 0 rings (SSSR count). The molecule has 0 radical (unpaired) electrons. The number of unbranched alkanes of at least 4 members (excludes halogenated alkanes) is 1. The Balaban J connectivity index is 4.00. The lowest BCUT2D eigenvalue weighted by molar-refractivity contribution is -0.152. The van der Waals surface area contributed by atoms with Gasteiger partial charge in [-0.2, -0.15) is 0 Å². The molecule has 0 amide bonds. The predicted molar refractivity (Wildman–Crippen MR) is 55.9 cm³/mol. The normalized spacial score (nSPS) is 14.5. The van der Waals surface area contributed by atoms with Crippen LogP contribution in [-0.4, -0.2) is 23.8 Å². The average molecular weight is 200 g/mol. The smallest absolute Gasteiger partial charge is 0.311 e. The molecule has 0 aromatic rings. The van der Waals surface area contributed by atoms with Gasteiger partial charge in [0.1, 0.15) is 0 Å². The van der Waals surface area contributed by atoms with E-state index in [2.05, 4.69) is 6.58 Å². The third-order valence-corrected chi connectivity index (χ3v) is 2.10. The lowest BCUT2D eigenvalue weighted by atomic mass is 9.97. The molecule has 0 fully saturated rings. The van der Waals surface area contributed by atoms with Gasteiger partial charge in [-0.1, -0.05) is 6.08 Å². The van der Waals surface area contributed by atoms with E-state index in [-0.39, 0.29) is 5.97 Å². The van der Waals surface area contributed by atoms with E-state index in [4.69, 9.17) is 4.74 Å². The zero-order valence-corrected chi connectivity index (χ0v) is 9.03. The number of aliphatic hydroxyl groups excluding tert-OH is 1. The van der Waals surface area contributed by atoms with E-state index in [9.17, 15) is 9.90 Å². The minimum atomic E-state index is -0.640. The van der Waals surface area contributed by atoms with Crippen molar-refractivity contribution in [1.82, 2.24) is 0 Å². The molecule has 0 aliphatic carbocycles. The van der Waals surface area contributed by atoms with Crippen LogP contribution < -0.4 is 0 Å². The molecule has 0 bridgehead atoms. The van der Waals surface area contributed by atoms with Gasteiger partial charge in [0, 0.05) is 0 Å². The SMILES string of the molecule is C=CCCCC(C(=O)OCC)C(C)O. The first-order chi connectivity index (χ1) is 6.63. The van der Waals surface area contributed by atoms with Crippen molar-refractivity contribution in [2.45, 2.75) is 39.2 Å². The lowest BCUT2D eigenvalue weighted by Crippen LogP contribution is -2.27. The molecule has 0 saturated heterocycles. The van der Waals surface area contributed by atoms with Crippen LogP contribution in [0, 0.1) is 5.92 Å². The predicted octanol–water partition coefficient (Wildman–Crippen LogP) is 1.90. The van der Waals surface area contributed by atoms with Gasteiger partial charge in [0.05, 0.1) is 18.6 Å². The highest BCUT2D eigenvalue weighted by Crippen LogP contribution is 2.15. The molecule has 0 saturated carbocycles. The Morgan fingerprint density at radius 1 is 1.64 bits per heavy atom. The van der Waals surface area contributed by atoms with Gasteiger partial charge >= 0.3 is 5.97 Å². The largest absolute Gasteiger partial charge is 0.466 e. The molecule has 0 spiro atoms. The summed E-state index contributed by atoms with van der Waals surface area (Å²) < 4.78 is 4.87. The van der Waals surface area contributed by atoms with E-state index in [0.29, 0.717) is 13.0 Å². The molecule has 3 heteroatoms. The van der Waals surface area contributed by atoms with Gasteiger partial charge in [-0.25, -0.2) is 0 Å². The highest BCUT2D eigenvalue weighted by atomic mass is 16.5. The van der Waals surface area contributed by atoms with Crippen molar-refractivity contribution >= 4 is 5.97 Å². The highest BCUT2D eigenvalue weighted by molar-refractivity contribution is 5.72. The van der Waals surface area contributed by atoms with Gasteiger partial charge in [0.2, 0.25) is 0 Å². The molecule has 0 aromatic heterocycles. The summed E-state index contributed by atoms with van der Waals surface area (Å²) in [5.74, 6) is -0.693. The van der Waals surface area contributed by atoms with Crippen LogP contribution in [0.25, 0.3) is 0 Å². The van der Waals surface area contributed by atoms with Gasteiger partial charge in [-0.05, 0) is 33.1 Å². The van der Waals surface area contributed by atoms with Crippen molar-refractivity contribution in [3.05, 3.63) is 12.7 Å². The first-order valence-corrected chi connectivity index (χ1v) is 5.09. The third kappa shape index (κ3) is 5.02. The maximum absolute atomic E-state index is 11.4. The highest BCUT2D eigenvalue weighted by Gasteiger charge is 2.23. The monoisotopic (exact) mass is 200 g/mol. The Hall–Kier alpha value is -0.830. The first kappa shape index (κ1) is 13.2. The maximum atomic E-state index is 11.4. The van der Waals surface area contributed by atoms with Gasteiger partial charge in [-0.3, -0.25) is 4.79 Å². The molecule has 2 atom stereocenters. The average Bonchev–Trinajstić information content (AvgIpc) is 2.12. The van der Waals surface area contributed by atoms with E-state index in [1.54, 1.807) is 13.8 Å². The molecule has 14 heavy (non-hydrogen) atoms. The topological polar surface area (TPSA) is 46.5 Å². The van der Waals surface area contributed by atoms with Crippen molar-refractivity contribution in [1.29, 1.82) is 0 Å². The fourth-order valence-electron chi connectivity index (χ4n) is 1.29. The number of carbonyl (C=O) groups is 1. The van der Waals surface area contributed by atoms with Crippen LogP contribution >= 0.6 is 0 Å². The van der Waals surface area contributed by atoms with Crippen LogP contribution in [0.3, 0.4) is 0 Å². The zero-order valence-electron chi connectivity index (χ0n) is 9.03. The number of esters is 1. The molecule has 0 heterocycles. The summed E-state index contributed by atoms with van der Waals surface area (Å²) in [6.45, 7) is 7.35. The number of aliphatic hydroxyl groups is 1. The summed E-state index contributed by atoms with van der Waals surface area (Å²) in [5, 5.41) is 9.38. The Bertz CT molecular complexity index is 175. The van der Waals surface area contributed by atoms with E-state index < -0.39 is 12.0 Å². The van der Waals surface area contributed by atoms with E-state index >= 15 is 0 Å². The second kappa shape index (κ2) is 7.56. The van der Waals surface area contributed by atoms with E-state index in [0.717, 1.165) is 12.8 Å². The molecule has 0 aliphatic rings. The van der Waals surface area contributed by atoms with Crippen molar-refractivity contribution in [3.8, 4) is 0 Å². The number of ether oxygens (including phenoxy) is 1. The quantitative estimate of drug-likeness (QED) is 0.388. The number of carbonyl (C=O) groups excluding carboxylic acids is 1. The molecule has 0 aromatic carbocycles. The Morgan fingerprint density at radius 2 is 2.29 bits per heavy atom. The standard InChI is InChI=1S/C11H20O3/c1-4-6-7-8-10(9(3)12)11(13)14-5-2/h4,9-10,12H,1,5-8H2,2-3H3.